The Balaban J connectivity index is 1.87. The van der Waals surface area contributed by atoms with Gasteiger partial charge in [0.25, 0.3) is 0 Å². The number of anilines is 1. The van der Waals surface area contributed by atoms with E-state index < -0.39 is 5.60 Å². The van der Waals surface area contributed by atoms with E-state index in [1.54, 1.807) is 4.90 Å². The topological polar surface area (TPSA) is 102 Å². The number of hydrogen-bond acceptors (Lipinski definition) is 6. The number of aromatic nitrogens is 2. The number of carbonyl (C=O) groups excluding carboxylic acids is 2. The molecule has 1 aromatic heterocycles. The third-order valence-corrected chi connectivity index (χ3v) is 4.69. The van der Waals surface area contributed by atoms with E-state index in [4.69, 9.17) is 22.1 Å². The number of fused-ring (bicyclic) bond motifs is 1. The molecule has 9 heteroatoms. The summed E-state index contributed by atoms with van der Waals surface area (Å²) in [5.74, 6) is 0.294. The molecule has 2 aliphatic heterocycles. The van der Waals surface area contributed by atoms with Gasteiger partial charge >= 0.3 is 6.09 Å². The molecule has 1 saturated heterocycles. The Labute approximate surface area is 157 Å². The van der Waals surface area contributed by atoms with E-state index in [1.807, 2.05) is 25.7 Å². The third-order valence-electron chi connectivity index (χ3n) is 4.52. The largest absolute Gasteiger partial charge is 0.444 e. The van der Waals surface area contributed by atoms with Crippen LogP contribution in [0, 0.1) is 0 Å². The average molecular weight is 382 g/mol. The lowest BCUT2D eigenvalue weighted by molar-refractivity contribution is -0.119. The molecule has 0 aromatic carbocycles. The molecule has 2 amide bonds. The molecule has 0 radical (unpaired) electrons. The first kappa shape index (κ1) is 18.7. The molecule has 142 valence electrons. The number of rotatable bonds is 2. The van der Waals surface area contributed by atoms with Crippen molar-refractivity contribution in [1.82, 2.24) is 14.9 Å². The first-order valence-electron chi connectivity index (χ1n) is 8.75. The van der Waals surface area contributed by atoms with Crippen LogP contribution in [0.3, 0.4) is 0 Å². The predicted molar refractivity (Wildman–Crippen MR) is 97.0 cm³/mol. The van der Waals surface area contributed by atoms with E-state index in [0.717, 1.165) is 12.0 Å². The molecule has 3 heterocycles. The van der Waals surface area contributed by atoms with Crippen molar-refractivity contribution in [3.8, 4) is 0 Å². The number of halogens is 1. The summed E-state index contributed by atoms with van der Waals surface area (Å²) < 4.78 is 5.44. The van der Waals surface area contributed by atoms with Crippen LogP contribution in [0.25, 0.3) is 0 Å². The lowest BCUT2D eigenvalue weighted by Crippen LogP contribution is -2.43. The van der Waals surface area contributed by atoms with Gasteiger partial charge in [0.15, 0.2) is 0 Å². The summed E-state index contributed by atoms with van der Waals surface area (Å²) >= 11 is 6.12. The van der Waals surface area contributed by atoms with E-state index in [-0.39, 0.29) is 23.3 Å². The van der Waals surface area contributed by atoms with Gasteiger partial charge in [-0.1, -0.05) is 0 Å². The van der Waals surface area contributed by atoms with Crippen LogP contribution in [0.5, 0.6) is 0 Å². The SMILES string of the molecule is CC(C)(C)OC(=O)N1CCc2c(nc(Cl)nc2N2CCC[C@H]2C(N)=O)C1. The van der Waals surface area contributed by atoms with Gasteiger partial charge in [-0.2, -0.15) is 0 Å². The fraction of sp³-hybridized carbons (Fsp3) is 0.647. The molecule has 26 heavy (non-hydrogen) atoms. The highest BCUT2D eigenvalue weighted by molar-refractivity contribution is 6.28. The zero-order chi connectivity index (χ0) is 19.1. The minimum atomic E-state index is -0.559. The van der Waals surface area contributed by atoms with Gasteiger partial charge in [0.1, 0.15) is 17.5 Å². The zero-order valence-corrected chi connectivity index (χ0v) is 16.0. The summed E-state index contributed by atoms with van der Waals surface area (Å²) in [5, 5.41) is 0.0971. The van der Waals surface area contributed by atoms with Crippen molar-refractivity contribution in [3.05, 3.63) is 16.5 Å². The molecule has 0 aliphatic carbocycles. The standard InChI is InChI=1S/C17H24ClN5O3/c1-17(2,3)26-16(25)22-8-6-10-11(9-22)20-15(18)21-14(10)23-7-4-5-12(23)13(19)24/h12H,4-9H2,1-3H3,(H2,19,24)/t12-/m0/s1. The van der Waals surface area contributed by atoms with E-state index in [9.17, 15) is 9.59 Å². The Hall–Kier alpha value is -2.09. The molecule has 1 atom stereocenters. The van der Waals surface area contributed by atoms with Crippen molar-refractivity contribution in [2.75, 3.05) is 18.0 Å². The van der Waals surface area contributed by atoms with Crippen molar-refractivity contribution in [3.63, 3.8) is 0 Å². The number of amides is 2. The van der Waals surface area contributed by atoms with E-state index in [2.05, 4.69) is 9.97 Å². The molecular weight excluding hydrogens is 358 g/mol. The molecule has 0 saturated carbocycles. The Morgan fingerprint density at radius 2 is 2.00 bits per heavy atom. The van der Waals surface area contributed by atoms with Crippen molar-refractivity contribution in [2.24, 2.45) is 5.73 Å². The normalized spacial score (nSPS) is 20.1. The van der Waals surface area contributed by atoms with Crippen LogP contribution in [-0.4, -0.2) is 51.6 Å². The molecule has 2 aliphatic rings. The van der Waals surface area contributed by atoms with Gasteiger partial charge in [0.2, 0.25) is 11.2 Å². The van der Waals surface area contributed by atoms with Gasteiger partial charge in [-0.3, -0.25) is 4.79 Å². The zero-order valence-electron chi connectivity index (χ0n) is 15.3. The van der Waals surface area contributed by atoms with E-state index in [1.165, 1.54) is 0 Å². The third kappa shape index (κ3) is 3.85. The molecule has 0 spiro atoms. The van der Waals surface area contributed by atoms with Gasteiger partial charge in [-0.25, -0.2) is 14.8 Å². The Bertz CT molecular complexity index is 734. The maximum atomic E-state index is 12.3. The summed E-state index contributed by atoms with van der Waals surface area (Å²) in [7, 11) is 0. The van der Waals surface area contributed by atoms with Crippen LogP contribution in [0.2, 0.25) is 5.28 Å². The second-order valence-electron chi connectivity index (χ2n) is 7.65. The highest BCUT2D eigenvalue weighted by atomic mass is 35.5. The second kappa shape index (κ2) is 6.90. The van der Waals surface area contributed by atoms with Crippen molar-refractivity contribution < 1.29 is 14.3 Å². The molecule has 1 aromatic rings. The van der Waals surface area contributed by atoms with Crippen molar-refractivity contribution in [2.45, 2.75) is 58.2 Å². The number of ether oxygens (including phenoxy) is 1. The van der Waals surface area contributed by atoms with Crippen LogP contribution in [-0.2, 0) is 22.5 Å². The van der Waals surface area contributed by atoms with Crippen LogP contribution < -0.4 is 10.6 Å². The van der Waals surface area contributed by atoms with Gasteiger partial charge in [0.05, 0.1) is 12.2 Å². The first-order chi connectivity index (χ1) is 12.2. The fourth-order valence-corrected chi connectivity index (χ4v) is 3.60. The highest BCUT2D eigenvalue weighted by Crippen LogP contribution is 2.32. The monoisotopic (exact) mass is 381 g/mol. The second-order valence-corrected chi connectivity index (χ2v) is 7.99. The maximum Gasteiger partial charge on any atom is 0.410 e. The fourth-order valence-electron chi connectivity index (χ4n) is 3.42. The van der Waals surface area contributed by atoms with E-state index >= 15 is 0 Å². The summed E-state index contributed by atoms with van der Waals surface area (Å²) in [6.07, 6.45) is 1.77. The number of hydrogen-bond donors (Lipinski definition) is 1. The van der Waals surface area contributed by atoms with Crippen LogP contribution in [0.1, 0.15) is 44.9 Å². The smallest absolute Gasteiger partial charge is 0.410 e. The van der Waals surface area contributed by atoms with Crippen molar-refractivity contribution >= 4 is 29.4 Å². The number of nitrogens with two attached hydrogens (primary N) is 1. The Morgan fingerprint density at radius 1 is 1.27 bits per heavy atom. The molecule has 3 rings (SSSR count). The minimum Gasteiger partial charge on any atom is -0.444 e. The number of carbonyl (C=O) groups is 2. The van der Waals surface area contributed by atoms with Crippen LogP contribution in [0.15, 0.2) is 0 Å². The number of nitrogens with zero attached hydrogens (tertiary/aromatic N) is 4. The first-order valence-corrected chi connectivity index (χ1v) is 9.12. The average Bonchev–Trinajstić information content (AvgIpc) is 3.01. The lowest BCUT2D eigenvalue weighted by atomic mass is 10.0. The van der Waals surface area contributed by atoms with Crippen molar-refractivity contribution in [1.29, 1.82) is 0 Å². The van der Waals surface area contributed by atoms with Gasteiger partial charge < -0.3 is 20.3 Å². The predicted octanol–water partition coefficient (Wildman–Crippen LogP) is 1.88. The maximum absolute atomic E-state index is 12.3. The van der Waals surface area contributed by atoms with Crippen LogP contribution in [0.4, 0.5) is 10.6 Å². The summed E-state index contributed by atoms with van der Waals surface area (Å²) in [5.41, 5.74) is 6.58. The molecule has 0 bridgehead atoms. The minimum absolute atomic E-state index is 0.0971. The van der Waals surface area contributed by atoms with Gasteiger partial charge in [-0.15, -0.1) is 0 Å². The molecular formula is C17H24ClN5O3. The molecule has 2 N–H and O–H groups in total. The van der Waals surface area contributed by atoms with Gasteiger partial charge in [-0.05, 0) is 51.6 Å². The highest BCUT2D eigenvalue weighted by Gasteiger charge is 2.35. The quantitative estimate of drug-likeness (QED) is 0.785. The Kier molecular flexibility index (Phi) is 4.96. The van der Waals surface area contributed by atoms with Crippen LogP contribution >= 0.6 is 11.6 Å². The summed E-state index contributed by atoms with van der Waals surface area (Å²) in [6, 6.07) is -0.381. The summed E-state index contributed by atoms with van der Waals surface area (Å²) in [6.45, 7) is 6.98. The van der Waals surface area contributed by atoms with Gasteiger partial charge in [0, 0.05) is 18.7 Å². The lowest BCUT2D eigenvalue weighted by Gasteiger charge is -2.33. The number of primary amides is 1. The Morgan fingerprint density at radius 3 is 2.65 bits per heavy atom. The molecule has 8 nitrogen and oxygen atoms in total. The molecule has 1 fully saturated rings. The molecule has 0 unspecified atom stereocenters. The van der Waals surface area contributed by atoms with E-state index in [0.29, 0.717) is 44.0 Å². The summed E-state index contributed by atoms with van der Waals surface area (Å²) in [4.78, 5) is 36.3.